The molecule has 0 aromatic carbocycles. The van der Waals surface area contributed by atoms with Gasteiger partial charge in [-0.25, -0.2) is 9.13 Å². The first-order valence-corrected chi connectivity index (χ1v) is 39.7. The first-order valence-electron chi connectivity index (χ1n) is 36.7. The molecule has 0 aliphatic rings. The van der Waals surface area contributed by atoms with E-state index < -0.39 is 97.5 Å². The molecule has 0 fully saturated rings. The highest BCUT2D eigenvalue weighted by Gasteiger charge is 2.30. The van der Waals surface area contributed by atoms with Gasteiger partial charge in [0.25, 0.3) is 0 Å². The second-order valence-corrected chi connectivity index (χ2v) is 26.7. The first kappa shape index (κ1) is 92.7. The van der Waals surface area contributed by atoms with Crippen molar-refractivity contribution in [2.24, 2.45) is 0 Å². The lowest BCUT2D eigenvalue weighted by atomic mass is 10.1. The average Bonchev–Trinajstić information content (AvgIpc) is 0.959. The SMILES string of the molecule is CC/C=C\C/C=C\C/C=C\C/C=C\C/C=C\CC(=O)OCC(COP(=O)(O)OCC(O)COP(=O)(O)OCC(COC(=O)CCCC/C=C\C/C=C\C/C=C\C/C=C\CC)OC(=O)CCCCCCC/C=C\C/C=C\C/C=C\CC)OC(=O)CCCCCCC/C=C\CCCCCC. The van der Waals surface area contributed by atoms with E-state index in [4.69, 9.17) is 37.0 Å². The van der Waals surface area contributed by atoms with Crippen LogP contribution in [0.3, 0.4) is 0 Å². The molecule has 0 bridgehead atoms. The lowest BCUT2D eigenvalue weighted by Gasteiger charge is -2.21. The highest BCUT2D eigenvalue weighted by molar-refractivity contribution is 7.47. The number of allylic oxidation sites excluding steroid dienone is 25. The number of carbonyl (C=O) groups is 4. The monoisotopic (exact) mass is 1410 g/mol. The van der Waals surface area contributed by atoms with Gasteiger partial charge in [-0.3, -0.25) is 37.3 Å². The van der Waals surface area contributed by atoms with Gasteiger partial charge in [0.15, 0.2) is 12.2 Å². The molecule has 3 N–H and O–H groups in total. The third-order valence-corrected chi connectivity index (χ3v) is 16.4. The van der Waals surface area contributed by atoms with Gasteiger partial charge in [-0.05, 0) is 148 Å². The van der Waals surface area contributed by atoms with Crippen molar-refractivity contribution in [3.63, 3.8) is 0 Å². The molecule has 5 unspecified atom stereocenters. The Bertz CT molecular complexity index is 2480. The second kappa shape index (κ2) is 70.1. The van der Waals surface area contributed by atoms with Crippen LogP contribution in [0.2, 0.25) is 0 Å². The molecule has 0 heterocycles. The minimum Gasteiger partial charge on any atom is -0.462 e. The maximum atomic E-state index is 13.1. The highest BCUT2D eigenvalue weighted by Crippen LogP contribution is 2.45. The Labute approximate surface area is 591 Å². The van der Waals surface area contributed by atoms with Gasteiger partial charge >= 0.3 is 39.5 Å². The number of phosphoric acid groups is 2. The number of rotatable bonds is 67. The summed E-state index contributed by atoms with van der Waals surface area (Å²) in [6.07, 6.45) is 79.9. The molecule has 0 aromatic rings. The zero-order valence-corrected chi connectivity index (χ0v) is 62.2. The predicted molar refractivity (Wildman–Crippen MR) is 399 cm³/mol. The molecule has 0 aliphatic carbocycles. The van der Waals surface area contributed by atoms with Gasteiger partial charge in [0.2, 0.25) is 0 Å². The predicted octanol–water partition coefficient (Wildman–Crippen LogP) is 20.9. The zero-order valence-electron chi connectivity index (χ0n) is 60.4. The average molecular weight is 1410 g/mol. The molecule has 17 nitrogen and oxygen atoms in total. The first-order chi connectivity index (χ1) is 47.7. The van der Waals surface area contributed by atoms with Crippen molar-refractivity contribution in [1.29, 1.82) is 0 Å². The quantitative estimate of drug-likeness (QED) is 0.0169. The van der Waals surface area contributed by atoms with Crippen LogP contribution >= 0.6 is 15.6 Å². The second-order valence-electron chi connectivity index (χ2n) is 23.8. The summed E-state index contributed by atoms with van der Waals surface area (Å²) in [4.78, 5) is 72.7. The normalized spacial score (nSPS) is 14.9. The van der Waals surface area contributed by atoms with Crippen molar-refractivity contribution >= 4 is 39.5 Å². The van der Waals surface area contributed by atoms with Gasteiger partial charge in [-0.15, -0.1) is 0 Å². The maximum Gasteiger partial charge on any atom is 0.472 e. The van der Waals surface area contributed by atoms with Gasteiger partial charge in [-0.2, -0.15) is 0 Å². The molecule has 19 heteroatoms. The Morgan fingerprint density at radius 1 is 0.306 bits per heavy atom. The van der Waals surface area contributed by atoms with Gasteiger partial charge in [0.1, 0.15) is 19.3 Å². The standard InChI is InChI=1S/C79H128O17P2/c1-5-9-13-17-21-25-29-33-36-40-43-47-51-55-59-63-76(81)89-69-74(95-78(83)65-61-57-53-49-45-39-32-28-24-20-16-12-8-4)71-93-97(85,86)91-67-73(80)68-92-98(87,88)94-72-75(96-79(84)66-62-58-54-50-46-42-38-35-31-27-23-19-15-11-7-3)70-90-77(82)64-60-56-52-48-44-41-37-34-30-26-22-18-14-10-6-2/h9-11,13-15,21-23,25-28,32-38,43-44,47-48,55,59,73-75,80H,5-8,12,16-20,24,29-31,39-42,45-46,49-54,56-58,60-72H2,1-4H3,(H,85,86)(H,87,88)/b13-9-,14-10-,15-11-,25-21-,26-22-,27-23-,32-28-,36-33-,37-34-,38-35-,47-43-,48-44-,59-55-. The number of unbranched alkanes of at least 4 members (excludes halogenated alkanes) is 16. The van der Waals surface area contributed by atoms with Crippen LogP contribution in [0.15, 0.2) is 158 Å². The van der Waals surface area contributed by atoms with Crippen molar-refractivity contribution in [1.82, 2.24) is 0 Å². The lowest BCUT2D eigenvalue weighted by Crippen LogP contribution is -2.30. The topological polar surface area (TPSA) is 237 Å². The summed E-state index contributed by atoms with van der Waals surface area (Å²) in [5.74, 6) is -2.41. The van der Waals surface area contributed by atoms with E-state index in [1.54, 1.807) is 6.08 Å². The fourth-order valence-electron chi connectivity index (χ4n) is 9.00. The molecule has 0 saturated carbocycles. The van der Waals surface area contributed by atoms with Gasteiger partial charge in [0, 0.05) is 19.3 Å². The van der Waals surface area contributed by atoms with Crippen LogP contribution in [0.25, 0.3) is 0 Å². The fourth-order valence-corrected chi connectivity index (χ4v) is 10.6. The maximum absolute atomic E-state index is 13.1. The molecule has 0 amide bonds. The van der Waals surface area contributed by atoms with Gasteiger partial charge in [0.05, 0.1) is 32.8 Å². The van der Waals surface area contributed by atoms with Crippen molar-refractivity contribution in [2.45, 2.75) is 277 Å². The molecular formula is C79H128O17P2. The number of hydrogen-bond acceptors (Lipinski definition) is 15. The molecular weight excluding hydrogens is 1280 g/mol. The van der Waals surface area contributed by atoms with E-state index in [0.717, 1.165) is 154 Å². The summed E-state index contributed by atoms with van der Waals surface area (Å²) in [5.41, 5.74) is 0. The lowest BCUT2D eigenvalue weighted by molar-refractivity contribution is -0.161. The van der Waals surface area contributed by atoms with Crippen molar-refractivity contribution in [3.8, 4) is 0 Å². The summed E-state index contributed by atoms with van der Waals surface area (Å²) in [7, 11) is -10.0. The van der Waals surface area contributed by atoms with Crippen LogP contribution in [-0.2, 0) is 65.4 Å². The molecule has 0 spiro atoms. The van der Waals surface area contributed by atoms with Crippen molar-refractivity contribution in [3.05, 3.63) is 158 Å². The fraction of sp³-hybridized carbons (Fsp3) is 0.620. The zero-order chi connectivity index (χ0) is 71.8. The van der Waals surface area contributed by atoms with Crippen LogP contribution in [-0.4, -0.2) is 96.7 Å². The Morgan fingerprint density at radius 2 is 0.571 bits per heavy atom. The number of aliphatic hydroxyl groups excluding tert-OH is 1. The third kappa shape index (κ3) is 69.2. The van der Waals surface area contributed by atoms with E-state index in [2.05, 4.69) is 161 Å². The summed E-state index contributed by atoms with van der Waals surface area (Å²) in [6.45, 7) is 4.29. The molecule has 0 aliphatic heterocycles. The van der Waals surface area contributed by atoms with Gasteiger partial charge in [-0.1, -0.05) is 243 Å². The summed E-state index contributed by atoms with van der Waals surface area (Å²) < 4.78 is 68.2. The summed E-state index contributed by atoms with van der Waals surface area (Å²) >= 11 is 0. The van der Waals surface area contributed by atoms with Crippen molar-refractivity contribution in [2.75, 3.05) is 39.6 Å². The van der Waals surface area contributed by atoms with Crippen LogP contribution in [0, 0.1) is 0 Å². The summed E-state index contributed by atoms with van der Waals surface area (Å²) in [6, 6.07) is 0. The number of hydrogen-bond donors (Lipinski definition) is 3. The summed E-state index contributed by atoms with van der Waals surface area (Å²) in [5, 5.41) is 10.6. The molecule has 556 valence electrons. The van der Waals surface area contributed by atoms with E-state index in [1.165, 1.54) is 25.7 Å². The number of ether oxygens (including phenoxy) is 4. The van der Waals surface area contributed by atoms with Crippen LogP contribution in [0.4, 0.5) is 0 Å². The van der Waals surface area contributed by atoms with Crippen LogP contribution < -0.4 is 0 Å². The van der Waals surface area contributed by atoms with E-state index in [-0.39, 0.29) is 25.7 Å². The number of phosphoric ester groups is 2. The molecule has 0 aromatic heterocycles. The van der Waals surface area contributed by atoms with Crippen LogP contribution in [0.5, 0.6) is 0 Å². The molecule has 5 atom stereocenters. The number of esters is 4. The highest BCUT2D eigenvalue weighted by atomic mass is 31.2. The van der Waals surface area contributed by atoms with E-state index in [9.17, 15) is 43.2 Å². The Kier molecular flexibility index (Phi) is 66.3. The number of aliphatic hydroxyl groups is 1. The minimum atomic E-state index is -5.00. The van der Waals surface area contributed by atoms with E-state index in [0.29, 0.717) is 25.7 Å². The third-order valence-electron chi connectivity index (χ3n) is 14.5. The van der Waals surface area contributed by atoms with Crippen molar-refractivity contribution < 1.29 is 80.2 Å². The molecule has 0 radical (unpaired) electrons. The molecule has 98 heavy (non-hydrogen) atoms. The van der Waals surface area contributed by atoms with E-state index in [1.807, 2.05) is 18.2 Å². The molecule has 0 rings (SSSR count). The Balaban J connectivity index is 5.48. The minimum absolute atomic E-state index is 0.0586. The smallest absolute Gasteiger partial charge is 0.462 e. The largest absolute Gasteiger partial charge is 0.472 e. The molecule has 0 saturated heterocycles. The van der Waals surface area contributed by atoms with E-state index >= 15 is 0 Å². The van der Waals surface area contributed by atoms with Gasteiger partial charge < -0.3 is 33.8 Å². The Hall–Kier alpha value is -5.32. The van der Waals surface area contributed by atoms with Crippen LogP contribution in [0.1, 0.15) is 259 Å². The Morgan fingerprint density at radius 3 is 0.939 bits per heavy atom. The number of carbonyl (C=O) groups excluding carboxylic acids is 4.